The third-order valence-electron chi connectivity index (χ3n) is 5.54. The molecule has 0 atom stereocenters. The van der Waals surface area contributed by atoms with Crippen molar-refractivity contribution < 1.29 is 23.9 Å². The predicted octanol–water partition coefficient (Wildman–Crippen LogP) is 2.72. The lowest BCUT2D eigenvalue weighted by molar-refractivity contribution is -0.117. The van der Waals surface area contributed by atoms with Crippen molar-refractivity contribution in [2.75, 3.05) is 25.1 Å². The molecule has 0 unspecified atom stereocenters. The zero-order valence-corrected chi connectivity index (χ0v) is 19.0. The number of ether oxygens (including phenoxy) is 2. The van der Waals surface area contributed by atoms with Gasteiger partial charge in [-0.1, -0.05) is 12.1 Å². The van der Waals surface area contributed by atoms with Crippen LogP contribution in [0.3, 0.4) is 0 Å². The quantitative estimate of drug-likeness (QED) is 0.498. The predicted molar refractivity (Wildman–Crippen MR) is 127 cm³/mol. The molecule has 3 amide bonds. The second-order valence-electron chi connectivity index (χ2n) is 7.92. The van der Waals surface area contributed by atoms with E-state index in [1.165, 1.54) is 0 Å². The molecular weight excluding hydrogens is 436 g/mol. The van der Waals surface area contributed by atoms with E-state index in [0.29, 0.717) is 41.5 Å². The average Bonchev–Trinajstić information content (AvgIpc) is 3.12. The molecule has 9 heteroatoms. The molecule has 1 aromatic heterocycles. The Morgan fingerprint density at radius 3 is 2.44 bits per heavy atom. The van der Waals surface area contributed by atoms with Gasteiger partial charge in [0.15, 0.2) is 11.5 Å². The van der Waals surface area contributed by atoms with Crippen LogP contribution < -0.4 is 25.8 Å². The van der Waals surface area contributed by atoms with Crippen molar-refractivity contribution in [1.82, 2.24) is 9.88 Å². The molecule has 2 heterocycles. The largest absolute Gasteiger partial charge is 0.486 e. The summed E-state index contributed by atoms with van der Waals surface area (Å²) in [6.45, 7) is 4.90. The standard InChI is InChI=1S/C25H26N4O5/c1-15-13-19(16(2)29(15)17-7-8-21-22(14-17)34-12-11-33-21)25(32)28-20-6-4-3-5-18(20)24(31)27-10-9-23(26)30/h3-8,13-14H,9-12H2,1-2H3,(H2,26,30)(H,27,31)(H,28,32). The van der Waals surface area contributed by atoms with E-state index in [1.807, 2.05) is 36.6 Å². The van der Waals surface area contributed by atoms with Crippen LogP contribution in [-0.4, -0.2) is 42.0 Å². The van der Waals surface area contributed by atoms with Gasteiger partial charge < -0.3 is 30.4 Å². The van der Waals surface area contributed by atoms with E-state index in [1.54, 1.807) is 30.3 Å². The zero-order valence-electron chi connectivity index (χ0n) is 19.0. The Bertz CT molecular complexity index is 1260. The molecule has 2 aromatic carbocycles. The van der Waals surface area contributed by atoms with Crippen molar-refractivity contribution in [2.24, 2.45) is 5.73 Å². The molecule has 4 rings (SSSR count). The van der Waals surface area contributed by atoms with Crippen LogP contribution in [0, 0.1) is 13.8 Å². The maximum atomic E-state index is 13.2. The summed E-state index contributed by atoms with van der Waals surface area (Å²) in [5, 5.41) is 5.48. The van der Waals surface area contributed by atoms with Gasteiger partial charge >= 0.3 is 0 Å². The molecule has 4 N–H and O–H groups in total. The number of aromatic nitrogens is 1. The third kappa shape index (κ3) is 4.73. The van der Waals surface area contributed by atoms with Gasteiger partial charge in [0.2, 0.25) is 5.91 Å². The number of benzene rings is 2. The fourth-order valence-electron chi connectivity index (χ4n) is 3.94. The van der Waals surface area contributed by atoms with Gasteiger partial charge in [0.25, 0.3) is 11.8 Å². The summed E-state index contributed by atoms with van der Waals surface area (Å²) in [5.74, 6) is 0.114. The highest BCUT2D eigenvalue weighted by molar-refractivity contribution is 6.09. The molecule has 0 spiro atoms. The molecule has 3 aromatic rings. The molecule has 1 aliphatic heterocycles. The van der Waals surface area contributed by atoms with Crippen LogP contribution in [0.4, 0.5) is 5.69 Å². The third-order valence-corrected chi connectivity index (χ3v) is 5.54. The van der Waals surface area contributed by atoms with Crippen molar-refractivity contribution in [3.05, 3.63) is 71.0 Å². The van der Waals surface area contributed by atoms with Crippen LogP contribution in [0.1, 0.15) is 38.5 Å². The van der Waals surface area contributed by atoms with Gasteiger partial charge in [-0.2, -0.15) is 0 Å². The summed E-state index contributed by atoms with van der Waals surface area (Å²) in [6, 6.07) is 14.2. The summed E-state index contributed by atoms with van der Waals surface area (Å²) in [6.07, 6.45) is 0.0338. The maximum Gasteiger partial charge on any atom is 0.257 e. The molecule has 1 aliphatic rings. The van der Waals surface area contributed by atoms with Gasteiger partial charge in [-0.3, -0.25) is 14.4 Å². The monoisotopic (exact) mass is 462 g/mol. The number of anilines is 1. The smallest absolute Gasteiger partial charge is 0.257 e. The SMILES string of the molecule is Cc1cc(C(=O)Nc2ccccc2C(=O)NCCC(N)=O)c(C)n1-c1ccc2c(c1)OCCO2. The number of aryl methyl sites for hydroxylation is 1. The average molecular weight is 463 g/mol. The number of carbonyl (C=O) groups excluding carboxylic acids is 3. The molecule has 176 valence electrons. The molecule has 0 aliphatic carbocycles. The summed E-state index contributed by atoms with van der Waals surface area (Å²) in [4.78, 5) is 36.7. The molecule has 34 heavy (non-hydrogen) atoms. The number of hydrogen-bond acceptors (Lipinski definition) is 5. The summed E-state index contributed by atoms with van der Waals surface area (Å²) in [7, 11) is 0. The first kappa shape index (κ1) is 22.9. The molecule has 0 saturated carbocycles. The fraction of sp³-hybridized carbons (Fsp3) is 0.240. The molecule has 0 fully saturated rings. The number of carbonyl (C=O) groups is 3. The lowest BCUT2D eigenvalue weighted by atomic mass is 10.1. The molecule has 9 nitrogen and oxygen atoms in total. The van der Waals surface area contributed by atoms with E-state index in [0.717, 1.165) is 17.1 Å². The van der Waals surface area contributed by atoms with Crippen molar-refractivity contribution in [2.45, 2.75) is 20.3 Å². The van der Waals surface area contributed by atoms with Crippen LogP contribution in [0.25, 0.3) is 5.69 Å². The van der Waals surface area contributed by atoms with E-state index >= 15 is 0 Å². The number of nitrogens with one attached hydrogen (secondary N) is 2. The first-order chi connectivity index (χ1) is 16.3. The van der Waals surface area contributed by atoms with Crippen molar-refractivity contribution in [3.8, 4) is 17.2 Å². The van der Waals surface area contributed by atoms with E-state index in [9.17, 15) is 14.4 Å². The second kappa shape index (κ2) is 9.70. The highest BCUT2D eigenvalue weighted by Crippen LogP contribution is 2.33. The Labute approximate surface area is 196 Å². The van der Waals surface area contributed by atoms with Gasteiger partial charge in [0.1, 0.15) is 13.2 Å². The first-order valence-electron chi connectivity index (χ1n) is 10.9. The highest BCUT2D eigenvalue weighted by Gasteiger charge is 2.20. The molecular formula is C25H26N4O5. The number of amides is 3. The second-order valence-corrected chi connectivity index (χ2v) is 7.92. The normalized spacial score (nSPS) is 12.2. The van der Waals surface area contributed by atoms with Crippen LogP contribution in [0.2, 0.25) is 0 Å². The Balaban J connectivity index is 1.56. The lowest BCUT2D eigenvalue weighted by Crippen LogP contribution is -2.28. The summed E-state index contributed by atoms with van der Waals surface area (Å²) < 4.78 is 13.3. The van der Waals surface area contributed by atoms with Gasteiger partial charge in [-0.15, -0.1) is 0 Å². The summed E-state index contributed by atoms with van der Waals surface area (Å²) >= 11 is 0. The lowest BCUT2D eigenvalue weighted by Gasteiger charge is -2.20. The van der Waals surface area contributed by atoms with Crippen LogP contribution in [0.15, 0.2) is 48.5 Å². The van der Waals surface area contributed by atoms with E-state index in [-0.39, 0.29) is 18.9 Å². The minimum absolute atomic E-state index is 0.0338. The number of primary amides is 1. The van der Waals surface area contributed by atoms with E-state index in [4.69, 9.17) is 15.2 Å². The molecule has 0 radical (unpaired) electrons. The van der Waals surface area contributed by atoms with E-state index < -0.39 is 11.8 Å². The number of nitrogens with two attached hydrogens (primary N) is 1. The molecule has 0 bridgehead atoms. The topological polar surface area (TPSA) is 125 Å². The number of para-hydroxylation sites is 1. The fourth-order valence-corrected chi connectivity index (χ4v) is 3.94. The minimum Gasteiger partial charge on any atom is -0.486 e. The number of rotatable bonds is 7. The van der Waals surface area contributed by atoms with Crippen molar-refractivity contribution >= 4 is 23.4 Å². The number of nitrogens with zero attached hydrogens (tertiary/aromatic N) is 1. The maximum absolute atomic E-state index is 13.2. The molecule has 0 saturated heterocycles. The highest BCUT2D eigenvalue weighted by atomic mass is 16.6. The number of fused-ring (bicyclic) bond motifs is 1. The zero-order chi connectivity index (χ0) is 24.2. The van der Waals surface area contributed by atoms with Crippen molar-refractivity contribution in [1.29, 1.82) is 0 Å². The Morgan fingerprint density at radius 2 is 1.68 bits per heavy atom. The Morgan fingerprint density at radius 1 is 0.941 bits per heavy atom. The summed E-state index contributed by atoms with van der Waals surface area (Å²) in [5.41, 5.74) is 8.73. The van der Waals surface area contributed by atoms with Gasteiger partial charge in [-0.05, 0) is 44.2 Å². The number of hydrogen-bond donors (Lipinski definition) is 3. The van der Waals surface area contributed by atoms with E-state index in [2.05, 4.69) is 10.6 Å². The van der Waals surface area contributed by atoms with Crippen molar-refractivity contribution in [3.63, 3.8) is 0 Å². The minimum atomic E-state index is -0.504. The first-order valence-corrected chi connectivity index (χ1v) is 10.9. The van der Waals surface area contributed by atoms with Gasteiger partial charge in [0, 0.05) is 36.1 Å². The van der Waals surface area contributed by atoms with Gasteiger partial charge in [-0.25, -0.2) is 0 Å². The van der Waals surface area contributed by atoms with Crippen LogP contribution in [-0.2, 0) is 4.79 Å². The van der Waals surface area contributed by atoms with Crippen LogP contribution in [0.5, 0.6) is 11.5 Å². The Hall–Kier alpha value is -4.27. The Kier molecular flexibility index (Phi) is 6.53. The van der Waals surface area contributed by atoms with Crippen LogP contribution >= 0.6 is 0 Å². The van der Waals surface area contributed by atoms with Gasteiger partial charge in [0.05, 0.1) is 16.8 Å².